The van der Waals surface area contributed by atoms with Crippen LogP contribution in [0.25, 0.3) is 0 Å². The molecule has 0 fully saturated rings. The highest BCUT2D eigenvalue weighted by atomic mass is 19.1. The Morgan fingerprint density at radius 2 is 1.83 bits per heavy atom. The fourth-order valence-corrected chi connectivity index (χ4v) is 1.56. The summed E-state index contributed by atoms with van der Waals surface area (Å²) in [6.07, 6.45) is 1.43. The summed E-state index contributed by atoms with van der Waals surface area (Å²) in [4.78, 5) is 8.11. The van der Waals surface area contributed by atoms with Gasteiger partial charge in [0.15, 0.2) is 0 Å². The van der Waals surface area contributed by atoms with Crippen LogP contribution in [0.1, 0.15) is 11.1 Å². The van der Waals surface area contributed by atoms with Gasteiger partial charge in [0.05, 0.1) is 0 Å². The molecule has 4 N–H and O–H groups in total. The molecule has 0 spiro atoms. The first-order chi connectivity index (χ1) is 8.70. The molecule has 0 bridgehead atoms. The molecule has 1 heterocycles. The van der Waals surface area contributed by atoms with Crippen LogP contribution in [-0.2, 0) is 6.54 Å². The van der Waals surface area contributed by atoms with E-state index in [0.29, 0.717) is 18.2 Å². The fraction of sp³-hybridized carbons (Fsp3) is 0.167. The lowest BCUT2D eigenvalue weighted by molar-refractivity contribution is 0.627. The number of nitrogens with one attached hydrogen (secondary N) is 2. The van der Waals surface area contributed by atoms with E-state index in [2.05, 4.69) is 20.7 Å². The van der Waals surface area contributed by atoms with Crippen LogP contribution in [0.2, 0.25) is 0 Å². The average Bonchev–Trinajstić information content (AvgIpc) is 2.39. The lowest BCUT2D eigenvalue weighted by atomic mass is 10.2. The zero-order valence-corrected chi connectivity index (χ0v) is 9.94. The van der Waals surface area contributed by atoms with Gasteiger partial charge in [0.1, 0.15) is 23.8 Å². The SMILES string of the molecule is Cc1c(NN)ncnc1NCc1ccc(F)cc1. The minimum atomic E-state index is -0.244. The molecule has 0 unspecified atom stereocenters. The third-order valence-electron chi connectivity index (χ3n) is 2.59. The second-order valence-corrected chi connectivity index (χ2v) is 3.82. The second-order valence-electron chi connectivity index (χ2n) is 3.82. The number of hydrogen-bond donors (Lipinski definition) is 3. The van der Waals surface area contributed by atoms with E-state index >= 15 is 0 Å². The Hall–Kier alpha value is -2.21. The molecule has 1 aromatic heterocycles. The van der Waals surface area contributed by atoms with Crippen molar-refractivity contribution in [1.82, 2.24) is 9.97 Å². The highest BCUT2D eigenvalue weighted by molar-refractivity contribution is 5.55. The molecule has 1 aromatic carbocycles. The largest absolute Gasteiger partial charge is 0.366 e. The first-order valence-corrected chi connectivity index (χ1v) is 5.47. The Kier molecular flexibility index (Phi) is 3.69. The maximum atomic E-state index is 12.7. The van der Waals surface area contributed by atoms with Gasteiger partial charge in [0, 0.05) is 12.1 Å². The van der Waals surface area contributed by atoms with Crippen molar-refractivity contribution in [3.63, 3.8) is 0 Å². The van der Waals surface area contributed by atoms with Crippen LogP contribution in [0.4, 0.5) is 16.0 Å². The van der Waals surface area contributed by atoms with Crippen LogP contribution in [0.5, 0.6) is 0 Å². The van der Waals surface area contributed by atoms with Gasteiger partial charge in [-0.05, 0) is 24.6 Å². The van der Waals surface area contributed by atoms with Crippen LogP contribution >= 0.6 is 0 Å². The molecule has 0 aliphatic heterocycles. The molecular formula is C12H14FN5. The lowest BCUT2D eigenvalue weighted by Crippen LogP contribution is -2.12. The van der Waals surface area contributed by atoms with Gasteiger partial charge in [0.25, 0.3) is 0 Å². The summed E-state index contributed by atoms with van der Waals surface area (Å²) in [5.41, 5.74) is 4.31. The smallest absolute Gasteiger partial charge is 0.148 e. The molecule has 94 valence electrons. The Labute approximate surface area is 104 Å². The number of anilines is 2. The normalized spacial score (nSPS) is 10.2. The van der Waals surface area contributed by atoms with Gasteiger partial charge < -0.3 is 10.7 Å². The maximum absolute atomic E-state index is 12.7. The van der Waals surface area contributed by atoms with E-state index < -0.39 is 0 Å². The standard InChI is InChI=1S/C12H14FN5/c1-8-11(16-7-17-12(8)18-14)15-6-9-2-4-10(13)5-3-9/h2-5,7H,6,14H2,1H3,(H2,15,16,17,18). The van der Waals surface area contributed by atoms with Crippen molar-refractivity contribution in [3.05, 3.63) is 47.5 Å². The average molecular weight is 247 g/mol. The third kappa shape index (κ3) is 2.72. The Morgan fingerprint density at radius 3 is 2.50 bits per heavy atom. The van der Waals surface area contributed by atoms with Crippen molar-refractivity contribution in [1.29, 1.82) is 0 Å². The predicted octanol–water partition coefficient (Wildman–Crippen LogP) is 1.82. The van der Waals surface area contributed by atoms with Crippen molar-refractivity contribution < 1.29 is 4.39 Å². The number of hydrazine groups is 1. The third-order valence-corrected chi connectivity index (χ3v) is 2.59. The van der Waals surface area contributed by atoms with Crippen LogP contribution in [0, 0.1) is 12.7 Å². The predicted molar refractivity (Wildman–Crippen MR) is 68.3 cm³/mol. The summed E-state index contributed by atoms with van der Waals surface area (Å²) in [7, 11) is 0. The van der Waals surface area contributed by atoms with Gasteiger partial charge >= 0.3 is 0 Å². The number of halogens is 1. The van der Waals surface area contributed by atoms with E-state index in [4.69, 9.17) is 5.84 Å². The molecule has 5 nitrogen and oxygen atoms in total. The molecule has 0 amide bonds. The summed E-state index contributed by atoms with van der Waals surface area (Å²) < 4.78 is 12.7. The monoisotopic (exact) mass is 247 g/mol. The van der Waals surface area contributed by atoms with Gasteiger partial charge in [0.2, 0.25) is 0 Å². The zero-order valence-electron chi connectivity index (χ0n) is 9.94. The fourth-order valence-electron chi connectivity index (χ4n) is 1.56. The van der Waals surface area contributed by atoms with Gasteiger partial charge in [-0.3, -0.25) is 0 Å². The Bertz CT molecular complexity index is 526. The summed E-state index contributed by atoms with van der Waals surface area (Å²) in [6.45, 7) is 2.42. The van der Waals surface area contributed by atoms with Gasteiger partial charge in [-0.1, -0.05) is 12.1 Å². The number of aromatic nitrogens is 2. The molecular weight excluding hydrogens is 233 g/mol. The molecule has 0 radical (unpaired) electrons. The topological polar surface area (TPSA) is 75.9 Å². The molecule has 0 saturated heterocycles. The number of nitrogen functional groups attached to an aromatic ring is 1. The minimum absolute atomic E-state index is 0.244. The van der Waals surface area contributed by atoms with Gasteiger partial charge in [-0.25, -0.2) is 20.2 Å². The summed E-state index contributed by atoms with van der Waals surface area (Å²) in [6, 6.07) is 6.30. The van der Waals surface area contributed by atoms with Crippen LogP contribution in [-0.4, -0.2) is 9.97 Å². The minimum Gasteiger partial charge on any atom is -0.366 e. The van der Waals surface area contributed by atoms with E-state index in [-0.39, 0.29) is 5.82 Å². The molecule has 18 heavy (non-hydrogen) atoms. The molecule has 0 atom stereocenters. The highest BCUT2D eigenvalue weighted by Gasteiger charge is 2.05. The number of benzene rings is 1. The van der Waals surface area contributed by atoms with E-state index in [1.807, 2.05) is 6.92 Å². The van der Waals surface area contributed by atoms with Crippen molar-refractivity contribution in [2.24, 2.45) is 5.84 Å². The first kappa shape index (κ1) is 12.3. The molecule has 0 saturated carbocycles. The van der Waals surface area contributed by atoms with E-state index in [0.717, 1.165) is 11.1 Å². The number of nitrogens with two attached hydrogens (primary N) is 1. The van der Waals surface area contributed by atoms with Crippen molar-refractivity contribution >= 4 is 11.6 Å². The summed E-state index contributed by atoms with van der Waals surface area (Å²) in [5.74, 6) is 6.36. The Morgan fingerprint density at radius 1 is 1.17 bits per heavy atom. The van der Waals surface area contributed by atoms with Crippen molar-refractivity contribution in [2.45, 2.75) is 13.5 Å². The molecule has 2 aromatic rings. The number of nitrogens with zero attached hydrogens (tertiary/aromatic N) is 2. The van der Waals surface area contributed by atoms with E-state index in [1.165, 1.54) is 18.5 Å². The second kappa shape index (κ2) is 5.42. The van der Waals surface area contributed by atoms with Crippen molar-refractivity contribution in [2.75, 3.05) is 10.7 Å². The highest BCUT2D eigenvalue weighted by Crippen LogP contribution is 2.17. The van der Waals surface area contributed by atoms with E-state index in [9.17, 15) is 4.39 Å². The molecule has 0 aliphatic carbocycles. The summed E-state index contributed by atoms with van der Waals surface area (Å²) in [5, 5.41) is 3.15. The van der Waals surface area contributed by atoms with Gasteiger partial charge in [-0.15, -0.1) is 0 Å². The van der Waals surface area contributed by atoms with Crippen LogP contribution < -0.4 is 16.6 Å². The molecule has 2 rings (SSSR count). The van der Waals surface area contributed by atoms with Crippen LogP contribution in [0.15, 0.2) is 30.6 Å². The lowest BCUT2D eigenvalue weighted by Gasteiger charge is -2.10. The molecule has 0 aliphatic rings. The number of rotatable bonds is 4. The van der Waals surface area contributed by atoms with E-state index in [1.54, 1.807) is 12.1 Å². The number of hydrogen-bond acceptors (Lipinski definition) is 5. The summed E-state index contributed by atoms with van der Waals surface area (Å²) >= 11 is 0. The zero-order chi connectivity index (χ0) is 13.0. The Balaban J connectivity index is 2.08. The molecule has 6 heteroatoms. The van der Waals surface area contributed by atoms with Crippen LogP contribution in [0.3, 0.4) is 0 Å². The maximum Gasteiger partial charge on any atom is 0.148 e. The van der Waals surface area contributed by atoms with Gasteiger partial charge in [-0.2, -0.15) is 0 Å². The quantitative estimate of drug-likeness (QED) is 0.567. The first-order valence-electron chi connectivity index (χ1n) is 5.47. The van der Waals surface area contributed by atoms with Crippen molar-refractivity contribution in [3.8, 4) is 0 Å².